The van der Waals surface area contributed by atoms with Crippen molar-refractivity contribution in [3.63, 3.8) is 0 Å². The van der Waals surface area contributed by atoms with Crippen LogP contribution in [0.1, 0.15) is 20.8 Å². The van der Waals surface area contributed by atoms with E-state index in [1.807, 2.05) is 26.8 Å². The van der Waals surface area contributed by atoms with Crippen molar-refractivity contribution in [2.45, 2.75) is 26.8 Å². The van der Waals surface area contributed by atoms with Gasteiger partial charge in [0.15, 0.2) is 0 Å². The summed E-state index contributed by atoms with van der Waals surface area (Å²) >= 11 is 0. The van der Waals surface area contributed by atoms with E-state index in [4.69, 9.17) is 19.0 Å². The van der Waals surface area contributed by atoms with Gasteiger partial charge in [-0.05, 0) is 27.0 Å². The lowest BCUT2D eigenvalue weighted by Gasteiger charge is -2.27. The Hall–Kier alpha value is -0.363. The van der Waals surface area contributed by atoms with Gasteiger partial charge in [0.2, 0.25) is 0 Å². The van der Waals surface area contributed by atoms with E-state index in [0.29, 0.717) is 25.9 Å². The Labute approximate surface area is 87.4 Å². The molecule has 0 saturated carbocycles. The first-order chi connectivity index (χ1) is 6.74. The van der Waals surface area contributed by atoms with Gasteiger partial charge in [-0.25, -0.2) is 0 Å². The summed E-state index contributed by atoms with van der Waals surface area (Å²) in [7, 11) is -2.48. The summed E-state index contributed by atoms with van der Waals surface area (Å²) < 4.78 is 16.8. The van der Waals surface area contributed by atoms with E-state index in [2.05, 4.69) is 0 Å². The number of nitrogens with two attached hydrogens (primary N) is 1. The molecular formula is C9H21NO3Si. The predicted octanol–water partition coefficient (Wildman–Crippen LogP) is 1.51. The van der Waals surface area contributed by atoms with Crippen LogP contribution in [0.4, 0.5) is 0 Å². The summed E-state index contributed by atoms with van der Waals surface area (Å²) in [5.41, 5.74) is 5.30. The van der Waals surface area contributed by atoms with Crippen LogP contribution in [-0.2, 0) is 13.3 Å². The molecule has 0 amide bonds. The van der Waals surface area contributed by atoms with E-state index in [0.717, 1.165) is 0 Å². The molecule has 0 aliphatic carbocycles. The molecule has 2 N–H and O–H groups in total. The Kier molecular flexibility index (Phi) is 7.78. The van der Waals surface area contributed by atoms with E-state index in [-0.39, 0.29) is 0 Å². The first-order valence-electron chi connectivity index (χ1n) is 5.03. The van der Waals surface area contributed by atoms with Gasteiger partial charge >= 0.3 is 8.80 Å². The third-order valence-corrected chi connectivity index (χ3v) is 4.52. The highest BCUT2D eigenvalue weighted by atomic mass is 28.4. The first kappa shape index (κ1) is 13.6. The standard InChI is InChI=1S/C9H21NO3Si/c1-4-11-14(12-5-2,13-6-3)9-7-8-10/h7-8H,4-6,9-10H2,1-3H3. The summed E-state index contributed by atoms with van der Waals surface area (Å²) in [5, 5.41) is 0. The van der Waals surface area contributed by atoms with Gasteiger partial charge in [0.25, 0.3) is 0 Å². The van der Waals surface area contributed by atoms with E-state index < -0.39 is 8.80 Å². The maximum absolute atomic E-state index is 5.60. The Morgan fingerprint density at radius 1 is 1.00 bits per heavy atom. The number of hydrogen-bond donors (Lipinski definition) is 1. The zero-order valence-corrected chi connectivity index (χ0v) is 10.3. The zero-order chi connectivity index (χ0) is 10.9. The van der Waals surface area contributed by atoms with Crippen LogP contribution in [0, 0.1) is 0 Å². The van der Waals surface area contributed by atoms with Crippen LogP contribution in [0.25, 0.3) is 0 Å². The minimum absolute atomic E-state index is 0.602. The summed E-state index contributed by atoms with van der Waals surface area (Å²) in [5.74, 6) is 0. The van der Waals surface area contributed by atoms with Crippen molar-refractivity contribution >= 4 is 8.80 Å². The highest BCUT2D eigenvalue weighted by molar-refractivity contribution is 6.61. The minimum Gasteiger partial charge on any atom is -0.405 e. The van der Waals surface area contributed by atoms with Crippen molar-refractivity contribution in [2.75, 3.05) is 19.8 Å². The molecule has 0 radical (unpaired) electrons. The minimum atomic E-state index is -2.48. The van der Waals surface area contributed by atoms with Gasteiger partial charge in [-0.15, -0.1) is 0 Å². The third-order valence-electron chi connectivity index (χ3n) is 1.60. The number of rotatable bonds is 8. The molecule has 4 nitrogen and oxygen atoms in total. The fourth-order valence-electron chi connectivity index (χ4n) is 1.17. The van der Waals surface area contributed by atoms with Crippen molar-refractivity contribution in [3.05, 3.63) is 12.3 Å². The van der Waals surface area contributed by atoms with Crippen LogP contribution in [0.15, 0.2) is 12.3 Å². The van der Waals surface area contributed by atoms with Crippen molar-refractivity contribution in [1.82, 2.24) is 0 Å². The third kappa shape index (κ3) is 4.76. The molecule has 0 unspecified atom stereocenters. The molecule has 0 heterocycles. The summed E-state index contributed by atoms with van der Waals surface area (Å²) in [4.78, 5) is 0. The maximum Gasteiger partial charge on any atom is 0.504 e. The summed E-state index contributed by atoms with van der Waals surface area (Å²) in [6.45, 7) is 7.61. The largest absolute Gasteiger partial charge is 0.504 e. The first-order valence-corrected chi connectivity index (χ1v) is 6.96. The highest BCUT2D eigenvalue weighted by Gasteiger charge is 2.38. The highest BCUT2D eigenvalue weighted by Crippen LogP contribution is 2.16. The molecule has 0 atom stereocenters. The topological polar surface area (TPSA) is 53.7 Å². The van der Waals surface area contributed by atoms with E-state index in [1.54, 1.807) is 0 Å². The second kappa shape index (κ2) is 7.99. The van der Waals surface area contributed by atoms with Gasteiger partial charge in [0, 0.05) is 25.9 Å². The molecule has 0 rings (SSSR count). The number of allylic oxidation sites excluding steroid dienone is 1. The Morgan fingerprint density at radius 3 is 1.71 bits per heavy atom. The van der Waals surface area contributed by atoms with Crippen LogP contribution < -0.4 is 5.73 Å². The molecule has 0 fully saturated rings. The lowest BCUT2D eigenvalue weighted by molar-refractivity contribution is 0.0742. The van der Waals surface area contributed by atoms with E-state index >= 15 is 0 Å². The molecule has 0 saturated heterocycles. The molecule has 0 spiro atoms. The molecule has 0 bridgehead atoms. The smallest absolute Gasteiger partial charge is 0.405 e. The van der Waals surface area contributed by atoms with Gasteiger partial charge in [-0.2, -0.15) is 0 Å². The van der Waals surface area contributed by atoms with Gasteiger partial charge in [-0.1, -0.05) is 6.08 Å². The molecule has 84 valence electrons. The molecule has 14 heavy (non-hydrogen) atoms. The Balaban J connectivity index is 4.36. The quantitative estimate of drug-likeness (QED) is 0.629. The van der Waals surface area contributed by atoms with E-state index in [1.165, 1.54) is 6.20 Å². The van der Waals surface area contributed by atoms with Crippen LogP contribution in [0.2, 0.25) is 6.04 Å². The van der Waals surface area contributed by atoms with Gasteiger partial charge in [-0.3, -0.25) is 0 Å². The normalized spacial score (nSPS) is 12.5. The lowest BCUT2D eigenvalue weighted by Crippen LogP contribution is -2.45. The van der Waals surface area contributed by atoms with Crippen LogP contribution in [0.3, 0.4) is 0 Å². The van der Waals surface area contributed by atoms with Gasteiger partial charge in [0.1, 0.15) is 0 Å². The lowest BCUT2D eigenvalue weighted by atomic mass is 10.7. The average Bonchev–Trinajstić information content (AvgIpc) is 2.16. The van der Waals surface area contributed by atoms with Crippen molar-refractivity contribution in [3.8, 4) is 0 Å². The van der Waals surface area contributed by atoms with Crippen LogP contribution in [-0.4, -0.2) is 28.6 Å². The Morgan fingerprint density at radius 2 is 1.43 bits per heavy atom. The second-order valence-corrected chi connectivity index (χ2v) is 5.25. The van der Waals surface area contributed by atoms with Crippen LogP contribution >= 0.6 is 0 Å². The van der Waals surface area contributed by atoms with Crippen molar-refractivity contribution < 1.29 is 13.3 Å². The van der Waals surface area contributed by atoms with Crippen molar-refractivity contribution in [1.29, 1.82) is 0 Å². The van der Waals surface area contributed by atoms with Crippen LogP contribution in [0.5, 0.6) is 0 Å². The molecule has 0 aromatic heterocycles. The maximum atomic E-state index is 5.60. The Bertz CT molecular complexity index is 147. The van der Waals surface area contributed by atoms with E-state index in [9.17, 15) is 0 Å². The fourth-order valence-corrected chi connectivity index (χ4v) is 3.52. The number of hydrogen-bond acceptors (Lipinski definition) is 4. The van der Waals surface area contributed by atoms with Gasteiger partial charge < -0.3 is 19.0 Å². The predicted molar refractivity (Wildman–Crippen MR) is 58.8 cm³/mol. The molecule has 0 aliphatic heterocycles. The molecule has 0 aromatic carbocycles. The molecular weight excluding hydrogens is 198 g/mol. The fraction of sp³-hybridized carbons (Fsp3) is 0.778. The summed E-state index contributed by atoms with van der Waals surface area (Å²) in [6.07, 6.45) is 3.33. The average molecular weight is 219 g/mol. The monoisotopic (exact) mass is 219 g/mol. The van der Waals surface area contributed by atoms with Crippen molar-refractivity contribution in [2.24, 2.45) is 5.73 Å². The summed E-state index contributed by atoms with van der Waals surface area (Å²) in [6, 6.07) is 0.638. The van der Waals surface area contributed by atoms with Gasteiger partial charge in [0.05, 0.1) is 0 Å². The molecule has 0 aromatic rings. The molecule has 5 heteroatoms. The second-order valence-electron chi connectivity index (χ2n) is 2.61. The SMILES string of the molecule is CCO[Si](CC=CN)(OCC)OCC. The zero-order valence-electron chi connectivity index (χ0n) is 9.29. The molecule has 0 aliphatic rings.